The molecule has 60 heavy (non-hydrogen) atoms. The van der Waals surface area contributed by atoms with E-state index in [1.165, 1.54) is 26.4 Å². The molecule has 0 unspecified atom stereocenters. The van der Waals surface area contributed by atoms with E-state index in [9.17, 15) is 19.4 Å². The van der Waals surface area contributed by atoms with Crippen molar-refractivity contribution in [2.24, 2.45) is 22.9 Å². The third kappa shape index (κ3) is 8.99. The fourth-order valence-corrected chi connectivity index (χ4v) is 9.51. The van der Waals surface area contributed by atoms with Crippen LogP contribution < -0.4 is 9.47 Å². The number of allylic oxidation sites excluding steroid dienone is 1. The highest BCUT2D eigenvalue weighted by atomic mass is 19.1. The van der Waals surface area contributed by atoms with Crippen molar-refractivity contribution in [2.45, 2.75) is 69.2 Å². The summed E-state index contributed by atoms with van der Waals surface area (Å²) in [6, 6.07) is 29.3. The average molecular weight is 819 g/mol. The van der Waals surface area contributed by atoms with Gasteiger partial charge in [0.05, 0.1) is 25.3 Å². The van der Waals surface area contributed by atoms with E-state index in [0.29, 0.717) is 41.4 Å². The van der Waals surface area contributed by atoms with Gasteiger partial charge in [-0.25, -0.2) is 9.18 Å². The van der Waals surface area contributed by atoms with Crippen molar-refractivity contribution < 1.29 is 43.2 Å². The molecule has 0 spiro atoms. The van der Waals surface area contributed by atoms with Gasteiger partial charge in [0.2, 0.25) is 5.79 Å². The van der Waals surface area contributed by atoms with E-state index in [0.717, 1.165) is 47.9 Å². The standard InChI is InChI=1S/C49H55FN2O8/c1-4-28-58-49-45(52(48(55)56-2)32-33-16-20-37(50)21-17-33)31-43(51-57-3)41-29-36(14-8-10-26-53)40(15-9-11-27-54)46(47(41)49)42-30-39(24-25-44(42)60-49)59-38-22-18-35(19-23-38)34-12-6-5-7-13-34/h4-7,12-13,16-25,29-30,36,40,45-47,53-54H,1,8-11,14-15,26-28,31-32H2,2-3H3/t36-,40+,45-,46+,47+,49+/m0/s1. The minimum absolute atomic E-state index is 0.0324. The Hall–Kier alpha value is -5.49. The van der Waals surface area contributed by atoms with Crippen LogP contribution in [0.15, 0.2) is 127 Å². The lowest BCUT2D eigenvalue weighted by molar-refractivity contribution is -0.256. The number of amides is 1. The van der Waals surface area contributed by atoms with Crippen molar-refractivity contribution in [3.05, 3.63) is 138 Å². The van der Waals surface area contributed by atoms with E-state index in [4.69, 9.17) is 23.8 Å². The molecular weight excluding hydrogens is 764 g/mol. The van der Waals surface area contributed by atoms with Gasteiger partial charge >= 0.3 is 6.09 Å². The van der Waals surface area contributed by atoms with Crippen LogP contribution in [0.25, 0.3) is 11.1 Å². The van der Waals surface area contributed by atoms with Gasteiger partial charge in [-0.2, -0.15) is 0 Å². The van der Waals surface area contributed by atoms with Gasteiger partial charge in [-0.1, -0.05) is 84.7 Å². The summed E-state index contributed by atoms with van der Waals surface area (Å²) in [7, 11) is 2.84. The lowest BCUT2D eigenvalue weighted by atomic mass is 9.55. The molecule has 1 fully saturated rings. The summed E-state index contributed by atoms with van der Waals surface area (Å²) >= 11 is 0. The lowest BCUT2D eigenvalue weighted by Crippen LogP contribution is -2.70. The number of nitrogens with zero attached hydrogens (tertiary/aromatic N) is 2. The van der Waals surface area contributed by atoms with Gasteiger partial charge in [0.25, 0.3) is 0 Å². The minimum atomic E-state index is -1.47. The first kappa shape index (κ1) is 42.6. The molecule has 6 atom stereocenters. The van der Waals surface area contributed by atoms with Crippen LogP contribution in [0.4, 0.5) is 9.18 Å². The number of aliphatic hydroxyl groups is 2. The second-order valence-electron chi connectivity index (χ2n) is 15.7. The molecule has 1 amide bonds. The first-order valence-electron chi connectivity index (χ1n) is 20.9. The van der Waals surface area contributed by atoms with Crippen molar-refractivity contribution in [1.29, 1.82) is 0 Å². The summed E-state index contributed by atoms with van der Waals surface area (Å²) < 4.78 is 40.4. The zero-order valence-electron chi connectivity index (χ0n) is 34.4. The first-order valence-corrected chi connectivity index (χ1v) is 20.9. The maximum Gasteiger partial charge on any atom is 0.410 e. The molecule has 4 aromatic carbocycles. The van der Waals surface area contributed by atoms with Crippen LogP contribution >= 0.6 is 0 Å². The van der Waals surface area contributed by atoms with E-state index >= 15 is 0 Å². The molecule has 2 aliphatic carbocycles. The van der Waals surface area contributed by atoms with Crippen LogP contribution in [-0.4, -0.2) is 72.8 Å². The monoisotopic (exact) mass is 818 g/mol. The van der Waals surface area contributed by atoms with Crippen molar-refractivity contribution >= 4 is 11.8 Å². The van der Waals surface area contributed by atoms with E-state index in [1.54, 1.807) is 23.1 Å². The van der Waals surface area contributed by atoms with Gasteiger partial charge in [-0.3, -0.25) is 4.90 Å². The molecule has 3 aliphatic rings. The van der Waals surface area contributed by atoms with Crippen LogP contribution in [-0.2, 0) is 20.9 Å². The van der Waals surface area contributed by atoms with E-state index < -0.39 is 23.8 Å². The minimum Gasteiger partial charge on any atom is -0.459 e. The highest BCUT2D eigenvalue weighted by molar-refractivity contribution is 6.03. The van der Waals surface area contributed by atoms with Crippen molar-refractivity contribution in [3.63, 3.8) is 0 Å². The zero-order valence-corrected chi connectivity index (χ0v) is 34.4. The number of ether oxygens (including phenoxy) is 4. The van der Waals surface area contributed by atoms with Gasteiger partial charge in [-0.15, -0.1) is 6.58 Å². The molecule has 7 rings (SSSR count). The summed E-state index contributed by atoms with van der Waals surface area (Å²) in [5.41, 5.74) is 5.39. The molecule has 1 heterocycles. The van der Waals surface area contributed by atoms with Crippen LogP contribution in [0.2, 0.25) is 0 Å². The number of methoxy groups -OCH3 is 1. The van der Waals surface area contributed by atoms with Gasteiger partial charge in [0.1, 0.15) is 36.2 Å². The summed E-state index contributed by atoms with van der Waals surface area (Å²) in [4.78, 5) is 21.2. The Morgan fingerprint density at radius 2 is 1.62 bits per heavy atom. The smallest absolute Gasteiger partial charge is 0.410 e. The lowest BCUT2D eigenvalue weighted by Gasteiger charge is -2.59. The Kier molecular flexibility index (Phi) is 14.0. The predicted octanol–water partition coefficient (Wildman–Crippen LogP) is 9.82. The maximum absolute atomic E-state index is 14.1. The Morgan fingerprint density at radius 1 is 0.917 bits per heavy atom. The Labute approximate surface area is 351 Å². The van der Waals surface area contributed by atoms with Gasteiger partial charge < -0.3 is 34.0 Å². The third-order valence-corrected chi connectivity index (χ3v) is 12.1. The van der Waals surface area contributed by atoms with Crippen molar-refractivity contribution in [3.8, 4) is 28.4 Å². The molecule has 0 bridgehead atoms. The number of hydrogen-bond acceptors (Lipinski definition) is 9. The summed E-state index contributed by atoms with van der Waals surface area (Å²) in [6.07, 6.45) is 8.06. The number of unbranched alkanes of at least 4 members (excludes halogenated alkanes) is 2. The molecule has 4 aromatic rings. The fourth-order valence-electron chi connectivity index (χ4n) is 9.51. The largest absolute Gasteiger partial charge is 0.459 e. The second kappa shape index (κ2) is 19.7. The van der Waals surface area contributed by atoms with Crippen molar-refractivity contribution in [2.75, 3.05) is 34.0 Å². The number of oxime groups is 1. The average Bonchev–Trinajstić information content (AvgIpc) is 3.27. The predicted molar refractivity (Wildman–Crippen MR) is 228 cm³/mol. The molecule has 0 radical (unpaired) electrons. The highest BCUT2D eigenvalue weighted by Gasteiger charge is 2.65. The zero-order chi connectivity index (χ0) is 42.1. The first-order chi connectivity index (χ1) is 29.3. The molecule has 1 aliphatic heterocycles. The van der Waals surface area contributed by atoms with E-state index in [2.05, 4.69) is 36.0 Å². The highest BCUT2D eigenvalue weighted by Crippen LogP contribution is 2.62. The Bertz CT molecular complexity index is 2130. The number of aliphatic hydroxyl groups excluding tert-OH is 2. The molecule has 316 valence electrons. The van der Waals surface area contributed by atoms with Gasteiger partial charge in [-0.05, 0) is 102 Å². The molecule has 2 N–H and O–H groups in total. The number of benzene rings is 4. The van der Waals surface area contributed by atoms with Crippen molar-refractivity contribution in [1.82, 2.24) is 4.90 Å². The number of rotatable bonds is 18. The maximum atomic E-state index is 14.1. The van der Waals surface area contributed by atoms with E-state index in [-0.39, 0.29) is 56.4 Å². The van der Waals surface area contributed by atoms with Gasteiger partial charge in [0.15, 0.2) is 0 Å². The molecule has 0 saturated heterocycles. The summed E-state index contributed by atoms with van der Waals surface area (Å²) in [6.45, 7) is 4.35. The van der Waals surface area contributed by atoms with Gasteiger partial charge in [0, 0.05) is 37.7 Å². The van der Waals surface area contributed by atoms with Crippen LogP contribution in [0.5, 0.6) is 17.2 Å². The molecule has 0 aromatic heterocycles. The summed E-state index contributed by atoms with van der Waals surface area (Å²) in [5, 5.41) is 24.4. The SMILES string of the molecule is C=CCO[C@@]12Oc3ccc(Oc4ccc(-c5ccccc5)cc4)cc3[C@H]3[C@H](CCCCO)[C@@H](CCCCO)C=C(C(=NOC)C[C@@H]1N(Cc1ccc(F)cc1)C(=O)OC)[C@H]32. The number of carbonyl (C=O) groups excluding carboxylic acids is 1. The van der Waals surface area contributed by atoms with E-state index in [1.807, 2.05) is 54.6 Å². The third-order valence-electron chi connectivity index (χ3n) is 12.1. The quantitative estimate of drug-likeness (QED) is 0.0579. The fraction of sp³-hybridized carbons (Fsp3) is 0.388. The molecular formula is C49H55FN2O8. The molecule has 1 saturated carbocycles. The number of fused-ring (bicyclic) bond motifs is 2. The summed E-state index contributed by atoms with van der Waals surface area (Å²) in [5.74, 6) is -0.592. The Balaban J connectivity index is 1.39. The normalized spacial score (nSPS) is 23.4. The van der Waals surface area contributed by atoms with Crippen LogP contribution in [0.1, 0.15) is 62.0 Å². The Morgan fingerprint density at radius 3 is 2.30 bits per heavy atom. The number of halogens is 1. The second-order valence-corrected chi connectivity index (χ2v) is 15.7. The number of hydrogen-bond donors (Lipinski definition) is 2. The molecule has 10 nitrogen and oxygen atoms in total. The topological polar surface area (TPSA) is 119 Å². The van der Waals surface area contributed by atoms with Crippen LogP contribution in [0.3, 0.4) is 0 Å². The van der Waals surface area contributed by atoms with Crippen LogP contribution in [0, 0.1) is 23.6 Å². The number of carbonyl (C=O) groups is 1. The molecule has 11 heteroatoms.